The number of nitrogens with zero attached hydrogens (tertiary/aromatic N) is 1. The van der Waals surface area contributed by atoms with Crippen LogP contribution < -0.4 is 16.0 Å². The predicted molar refractivity (Wildman–Crippen MR) is 116 cm³/mol. The number of phenols is 1. The molecule has 10 nitrogen and oxygen atoms in total. The molecule has 3 amide bonds. The maximum atomic E-state index is 12.8. The Morgan fingerprint density at radius 3 is 2.25 bits per heavy atom. The second-order valence-electron chi connectivity index (χ2n) is 7.13. The maximum absolute atomic E-state index is 12.8. The average molecular weight is 461 g/mol. The molecule has 170 valence electrons. The number of hydrogen-bond donors (Lipinski definition) is 4. The van der Waals surface area contributed by atoms with Gasteiger partial charge in [0.1, 0.15) is 5.75 Å². The molecule has 11 heteroatoms. The zero-order valence-corrected chi connectivity index (χ0v) is 18.0. The van der Waals surface area contributed by atoms with Crippen LogP contribution in [0.25, 0.3) is 0 Å². The van der Waals surface area contributed by atoms with Crippen molar-refractivity contribution in [2.75, 3.05) is 32.7 Å². The Morgan fingerprint density at radius 2 is 1.62 bits per heavy atom. The van der Waals surface area contributed by atoms with E-state index in [4.69, 9.17) is 0 Å². The van der Waals surface area contributed by atoms with Crippen LogP contribution in [0.3, 0.4) is 0 Å². The standard InChI is InChI=1S/C21H24N4O6S/c26-17-6-1-4-15(12-17)20(28)23-8-3-9-24-21(29)16-5-2-7-18(13-16)32(30,31)25-11-10-22-19(27)14-25/h1-2,4-7,12-13,26H,3,8-11,14H2,(H,22,27)(H,23,28)(H,24,29). The molecule has 1 aliphatic rings. The molecule has 3 rings (SSSR count). The summed E-state index contributed by atoms with van der Waals surface area (Å²) in [7, 11) is -3.89. The van der Waals surface area contributed by atoms with Crippen LogP contribution >= 0.6 is 0 Å². The molecule has 0 aromatic heterocycles. The van der Waals surface area contributed by atoms with Crippen LogP contribution in [0.5, 0.6) is 5.75 Å². The van der Waals surface area contributed by atoms with Gasteiger partial charge in [0, 0.05) is 37.3 Å². The van der Waals surface area contributed by atoms with E-state index in [1.807, 2.05) is 0 Å². The van der Waals surface area contributed by atoms with E-state index in [2.05, 4.69) is 16.0 Å². The van der Waals surface area contributed by atoms with Gasteiger partial charge >= 0.3 is 0 Å². The lowest BCUT2D eigenvalue weighted by Gasteiger charge is -2.26. The molecule has 0 radical (unpaired) electrons. The number of aromatic hydroxyl groups is 1. The minimum Gasteiger partial charge on any atom is -0.508 e. The van der Waals surface area contributed by atoms with Crippen LogP contribution in [-0.4, -0.2) is 68.3 Å². The summed E-state index contributed by atoms with van der Waals surface area (Å²) in [5.74, 6) is -1.16. The summed E-state index contributed by atoms with van der Waals surface area (Å²) in [5, 5.41) is 17.4. The minimum absolute atomic E-state index is 0.00212. The second-order valence-corrected chi connectivity index (χ2v) is 9.07. The molecule has 0 bridgehead atoms. The Kier molecular flexibility index (Phi) is 7.44. The predicted octanol–water partition coefficient (Wildman–Crippen LogP) is 0.0626. The molecule has 2 aromatic rings. The highest BCUT2D eigenvalue weighted by Gasteiger charge is 2.29. The van der Waals surface area contributed by atoms with Gasteiger partial charge in [0.05, 0.1) is 11.4 Å². The highest BCUT2D eigenvalue weighted by atomic mass is 32.2. The van der Waals surface area contributed by atoms with Crippen molar-refractivity contribution in [3.63, 3.8) is 0 Å². The topological polar surface area (TPSA) is 145 Å². The molecule has 0 atom stereocenters. The van der Waals surface area contributed by atoms with E-state index in [0.29, 0.717) is 18.5 Å². The van der Waals surface area contributed by atoms with Gasteiger partial charge in [0.25, 0.3) is 11.8 Å². The molecule has 32 heavy (non-hydrogen) atoms. The average Bonchev–Trinajstić information content (AvgIpc) is 2.78. The molecule has 0 unspecified atom stereocenters. The normalized spacial score (nSPS) is 14.4. The number of amides is 3. The lowest BCUT2D eigenvalue weighted by Crippen LogP contribution is -2.49. The van der Waals surface area contributed by atoms with Crippen molar-refractivity contribution in [3.8, 4) is 5.75 Å². The number of carbonyl (C=O) groups excluding carboxylic acids is 3. The maximum Gasteiger partial charge on any atom is 0.251 e. The third-order valence-corrected chi connectivity index (χ3v) is 6.61. The quantitative estimate of drug-likeness (QED) is 0.410. The van der Waals surface area contributed by atoms with E-state index in [1.165, 1.54) is 36.4 Å². The van der Waals surface area contributed by atoms with Crippen molar-refractivity contribution in [2.45, 2.75) is 11.3 Å². The van der Waals surface area contributed by atoms with Gasteiger partial charge in [-0.05, 0) is 42.8 Å². The van der Waals surface area contributed by atoms with Crippen molar-refractivity contribution in [3.05, 3.63) is 59.7 Å². The first-order valence-electron chi connectivity index (χ1n) is 10.00. The first-order valence-corrected chi connectivity index (χ1v) is 11.4. The summed E-state index contributed by atoms with van der Waals surface area (Å²) in [5.41, 5.74) is 0.509. The molecule has 0 spiro atoms. The monoisotopic (exact) mass is 460 g/mol. The van der Waals surface area contributed by atoms with E-state index in [0.717, 1.165) is 4.31 Å². The van der Waals surface area contributed by atoms with Crippen molar-refractivity contribution in [2.24, 2.45) is 0 Å². The van der Waals surface area contributed by atoms with Crippen LogP contribution in [0.15, 0.2) is 53.4 Å². The Balaban J connectivity index is 1.50. The van der Waals surface area contributed by atoms with Crippen LogP contribution in [0.2, 0.25) is 0 Å². The number of benzene rings is 2. The molecular weight excluding hydrogens is 436 g/mol. The van der Waals surface area contributed by atoms with Crippen LogP contribution in [0, 0.1) is 0 Å². The summed E-state index contributed by atoms with van der Waals surface area (Å²) in [6.07, 6.45) is 0.456. The lowest BCUT2D eigenvalue weighted by molar-refractivity contribution is -0.122. The third kappa shape index (κ3) is 5.83. The zero-order chi connectivity index (χ0) is 23.1. The summed E-state index contributed by atoms with van der Waals surface area (Å²) in [6, 6.07) is 11.6. The van der Waals surface area contributed by atoms with Crippen LogP contribution in [-0.2, 0) is 14.8 Å². The molecular formula is C21H24N4O6S. The summed E-state index contributed by atoms with van der Waals surface area (Å²) < 4.78 is 26.6. The van der Waals surface area contributed by atoms with Crippen molar-refractivity contribution in [1.82, 2.24) is 20.3 Å². The number of hydrogen-bond acceptors (Lipinski definition) is 6. The first kappa shape index (κ1) is 23.2. The van der Waals surface area contributed by atoms with Crippen LogP contribution in [0.4, 0.5) is 0 Å². The zero-order valence-electron chi connectivity index (χ0n) is 17.2. The van der Waals surface area contributed by atoms with Crippen LogP contribution in [0.1, 0.15) is 27.1 Å². The summed E-state index contributed by atoms with van der Waals surface area (Å²) >= 11 is 0. The minimum atomic E-state index is -3.89. The number of nitrogens with one attached hydrogen (secondary N) is 3. The highest BCUT2D eigenvalue weighted by Crippen LogP contribution is 2.18. The van der Waals surface area contributed by atoms with Gasteiger partial charge in [0.2, 0.25) is 15.9 Å². The first-order chi connectivity index (χ1) is 15.3. The molecule has 1 saturated heterocycles. The largest absolute Gasteiger partial charge is 0.508 e. The molecule has 1 aliphatic heterocycles. The Labute approximate surface area is 185 Å². The summed E-state index contributed by atoms with van der Waals surface area (Å²) in [6.45, 7) is 0.717. The van der Waals surface area contributed by atoms with Crippen molar-refractivity contribution in [1.29, 1.82) is 0 Å². The fourth-order valence-corrected chi connectivity index (χ4v) is 4.55. The molecule has 2 aromatic carbocycles. The fourth-order valence-electron chi connectivity index (χ4n) is 3.11. The Bertz CT molecular complexity index is 1120. The Hall–Kier alpha value is -3.44. The SMILES string of the molecule is O=C1CN(S(=O)(=O)c2cccc(C(=O)NCCCNC(=O)c3cccc(O)c3)c2)CCN1. The molecule has 0 saturated carbocycles. The molecule has 4 N–H and O–H groups in total. The van der Waals surface area contributed by atoms with Crippen molar-refractivity contribution < 1.29 is 27.9 Å². The van der Waals surface area contributed by atoms with Gasteiger partial charge < -0.3 is 21.1 Å². The van der Waals surface area contributed by atoms with Gasteiger partial charge in [-0.2, -0.15) is 4.31 Å². The third-order valence-electron chi connectivity index (χ3n) is 4.77. The summed E-state index contributed by atoms with van der Waals surface area (Å²) in [4.78, 5) is 35.9. The number of carbonyl (C=O) groups is 3. The molecule has 0 aliphatic carbocycles. The molecule has 1 fully saturated rings. The highest BCUT2D eigenvalue weighted by molar-refractivity contribution is 7.89. The van der Waals surface area contributed by atoms with E-state index < -0.39 is 15.9 Å². The van der Waals surface area contributed by atoms with Gasteiger partial charge in [-0.25, -0.2) is 8.42 Å². The fraction of sp³-hybridized carbons (Fsp3) is 0.286. The Morgan fingerprint density at radius 1 is 1.00 bits per heavy atom. The number of rotatable bonds is 8. The van der Waals surface area contributed by atoms with Gasteiger partial charge in [-0.15, -0.1) is 0 Å². The smallest absolute Gasteiger partial charge is 0.251 e. The van der Waals surface area contributed by atoms with E-state index in [9.17, 15) is 27.9 Å². The number of piperazine rings is 1. The van der Waals surface area contributed by atoms with Gasteiger partial charge in [0.15, 0.2) is 0 Å². The van der Waals surface area contributed by atoms with E-state index in [-0.39, 0.29) is 54.2 Å². The van der Waals surface area contributed by atoms with Crippen molar-refractivity contribution >= 4 is 27.7 Å². The number of phenolic OH excluding ortho intramolecular Hbond substituents is 1. The van der Waals surface area contributed by atoms with Gasteiger partial charge in [-0.1, -0.05) is 12.1 Å². The second kappa shape index (κ2) is 10.2. The van der Waals surface area contributed by atoms with E-state index in [1.54, 1.807) is 12.1 Å². The van der Waals surface area contributed by atoms with Gasteiger partial charge in [-0.3, -0.25) is 14.4 Å². The molecule has 1 heterocycles. The number of sulfonamides is 1. The van der Waals surface area contributed by atoms with E-state index >= 15 is 0 Å². The lowest BCUT2D eigenvalue weighted by atomic mass is 10.2.